The van der Waals surface area contributed by atoms with Crippen molar-refractivity contribution in [1.82, 2.24) is 20.1 Å². The van der Waals surface area contributed by atoms with Gasteiger partial charge in [-0.3, -0.25) is 4.79 Å². The molecule has 1 aliphatic carbocycles. The summed E-state index contributed by atoms with van der Waals surface area (Å²) in [6.07, 6.45) is 4.39. The molecule has 7 heteroatoms. The molecule has 1 aliphatic rings. The van der Waals surface area contributed by atoms with Gasteiger partial charge < -0.3 is 10.6 Å². The van der Waals surface area contributed by atoms with Crippen molar-refractivity contribution < 1.29 is 4.79 Å². The first-order valence-electron chi connectivity index (χ1n) is 9.30. The zero-order valence-corrected chi connectivity index (χ0v) is 15.4. The van der Waals surface area contributed by atoms with Gasteiger partial charge in [-0.25, -0.2) is 9.67 Å². The van der Waals surface area contributed by atoms with Gasteiger partial charge in [0.25, 0.3) is 5.91 Å². The highest BCUT2D eigenvalue weighted by atomic mass is 16.2. The Labute approximate surface area is 163 Å². The van der Waals surface area contributed by atoms with Crippen LogP contribution in [0.15, 0.2) is 48.7 Å². The molecule has 7 nitrogen and oxygen atoms in total. The Bertz CT molecular complexity index is 1020. The smallest absolute Gasteiger partial charge is 0.272 e. The molecule has 1 amide bonds. The molecule has 0 aliphatic heterocycles. The zero-order valence-electron chi connectivity index (χ0n) is 15.4. The minimum atomic E-state index is -0.151. The third kappa shape index (κ3) is 3.58. The van der Waals surface area contributed by atoms with Gasteiger partial charge in [-0.05, 0) is 43.5 Å². The van der Waals surface area contributed by atoms with Gasteiger partial charge in [0.15, 0.2) is 5.69 Å². The van der Waals surface area contributed by atoms with E-state index in [-0.39, 0.29) is 5.91 Å². The van der Waals surface area contributed by atoms with Crippen LogP contribution in [-0.2, 0) is 12.8 Å². The van der Waals surface area contributed by atoms with E-state index in [2.05, 4.69) is 20.7 Å². The number of rotatable bonds is 6. The third-order valence-corrected chi connectivity index (χ3v) is 4.76. The fourth-order valence-electron chi connectivity index (χ4n) is 3.42. The Morgan fingerprint density at radius 3 is 2.75 bits per heavy atom. The van der Waals surface area contributed by atoms with E-state index in [0.29, 0.717) is 30.2 Å². The first kappa shape index (κ1) is 17.7. The maximum Gasteiger partial charge on any atom is 0.272 e. The highest BCUT2D eigenvalue weighted by Gasteiger charge is 2.26. The van der Waals surface area contributed by atoms with Crippen LogP contribution in [0.4, 0.5) is 5.82 Å². The summed E-state index contributed by atoms with van der Waals surface area (Å²) in [5.74, 6) is 0.518. The van der Waals surface area contributed by atoms with E-state index >= 15 is 0 Å². The number of nitrogens with one attached hydrogen (secondary N) is 2. The van der Waals surface area contributed by atoms with E-state index in [4.69, 9.17) is 5.26 Å². The molecule has 0 radical (unpaired) electrons. The molecule has 0 unspecified atom stereocenters. The monoisotopic (exact) mass is 372 g/mol. The number of nitrogens with zero attached hydrogens (tertiary/aromatic N) is 4. The number of carbonyl (C=O) groups is 1. The summed E-state index contributed by atoms with van der Waals surface area (Å²) < 4.78 is 1.90. The second-order valence-electron chi connectivity index (χ2n) is 6.60. The number of amides is 1. The van der Waals surface area contributed by atoms with Crippen LogP contribution < -0.4 is 10.6 Å². The predicted octanol–water partition coefficient (Wildman–Crippen LogP) is 2.47. The number of anilines is 1. The molecule has 28 heavy (non-hydrogen) atoms. The number of para-hydroxylation sites is 1. The lowest BCUT2D eigenvalue weighted by Gasteiger charge is -2.07. The van der Waals surface area contributed by atoms with Gasteiger partial charge in [0.1, 0.15) is 11.9 Å². The lowest BCUT2D eigenvalue weighted by Crippen LogP contribution is -2.30. The average molecular weight is 372 g/mol. The Kier molecular flexibility index (Phi) is 5.02. The van der Waals surface area contributed by atoms with E-state index in [1.165, 1.54) is 6.20 Å². The quantitative estimate of drug-likeness (QED) is 0.648. The molecular weight excluding hydrogens is 352 g/mol. The maximum absolute atomic E-state index is 12.7. The van der Waals surface area contributed by atoms with Crippen LogP contribution >= 0.6 is 0 Å². The van der Waals surface area contributed by atoms with Crippen molar-refractivity contribution in [1.29, 1.82) is 5.26 Å². The van der Waals surface area contributed by atoms with Crippen molar-refractivity contribution >= 4 is 11.7 Å². The largest absolute Gasteiger partial charge is 0.368 e. The summed E-state index contributed by atoms with van der Waals surface area (Å²) >= 11 is 0. The van der Waals surface area contributed by atoms with Crippen LogP contribution in [0.3, 0.4) is 0 Å². The summed E-state index contributed by atoms with van der Waals surface area (Å²) in [5, 5.41) is 19.4. The van der Waals surface area contributed by atoms with E-state index in [1.54, 1.807) is 12.1 Å². The van der Waals surface area contributed by atoms with Gasteiger partial charge in [-0.15, -0.1) is 0 Å². The fourth-order valence-corrected chi connectivity index (χ4v) is 3.42. The number of pyridine rings is 1. The molecule has 0 spiro atoms. The second kappa shape index (κ2) is 7.92. The minimum absolute atomic E-state index is 0.151. The van der Waals surface area contributed by atoms with Crippen molar-refractivity contribution in [2.75, 3.05) is 18.4 Å². The zero-order chi connectivity index (χ0) is 19.3. The Morgan fingerprint density at radius 1 is 1.14 bits per heavy atom. The van der Waals surface area contributed by atoms with E-state index in [0.717, 1.165) is 36.2 Å². The number of hydrogen-bond donors (Lipinski definition) is 2. The first-order valence-corrected chi connectivity index (χ1v) is 9.30. The van der Waals surface area contributed by atoms with Gasteiger partial charge in [0, 0.05) is 30.5 Å². The second-order valence-corrected chi connectivity index (χ2v) is 6.60. The molecule has 4 rings (SSSR count). The average Bonchev–Trinajstić information content (AvgIpc) is 3.35. The number of aromatic nitrogens is 3. The number of benzene rings is 1. The van der Waals surface area contributed by atoms with E-state index in [1.807, 2.05) is 41.1 Å². The van der Waals surface area contributed by atoms with Crippen molar-refractivity contribution in [3.05, 3.63) is 71.2 Å². The highest BCUT2D eigenvalue weighted by molar-refractivity contribution is 5.94. The summed E-state index contributed by atoms with van der Waals surface area (Å²) in [5.41, 5.74) is 4.21. The van der Waals surface area contributed by atoms with Crippen LogP contribution in [-0.4, -0.2) is 33.8 Å². The van der Waals surface area contributed by atoms with Crippen LogP contribution in [0, 0.1) is 11.3 Å². The molecule has 3 aromatic rings. The van der Waals surface area contributed by atoms with Crippen LogP contribution in [0.25, 0.3) is 5.69 Å². The maximum atomic E-state index is 12.7. The van der Waals surface area contributed by atoms with Crippen LogP contribution in [0.1, 0.15) is 33.7 Å². The fraction of sp³-hybridized carbons (Fsp3) is 0.238. The molecule has 2 N–H and O–H groups in total. The SMILES string of the molecule is N#Cc1ccc(NCCNC(=O)c2nn(-c3ccccc3)c3c2CCC3)nc1. The molecule has 0 fully saturated rings. The molecule has 0 saturated heterocycles. The molecule has 0 saturated carbocycles. The first-order chi connectivity index (χ1) is 13.8. The van der Waals surface area contributed by atoms with Crippen molar-refractivity contribution in [3.8, 4) is 11.8 Å². The van der Waals surface area contributed by atoms with E-state index < -0.39 is 0 Å². The van der Waals surface area contributed by atoms with Gasteiger partial charge >= 0.3 is 0 Å². The number of hydrogen-bond acceptors (Lipinski definition) is 5. The summed E-state index contributed by atoms with van der Waals surface area (Å²) in [4.78, 5) is 16.8. The van der Waals surface area contributed by atoms with Crippen molar-refractivity contribution in [3.63, 3.8) is 0 Å². The molecule has 0 bridgehead atoms. The van der Waals surface area contributed by atoms with Gasteiger partial charge in [-0.1, -0.05) is 18.2 Å². The summed E-state index contributed by atoms with van der Waals surface area (Å²) in [6, 6.07) is 15.4. The van der Waals surface area contributed by atoms with Crippen molar-refractivity contribution in [2.24, 2.45) is 0 Å². The minimum Gasteiger partial charge on any atom is -0.368 e. The Morgan fingerprint density at radius 2 is 2.00 bits per heavy atom. The normalized spacial score (nSPS) is 12.2. The summed E-state index contributed by atoms with van der Waals surface area (Å²) in [6.45, 7) is 0.986. The predicted molar refractivity (Wildman–Crippen MR) is 105 cm³/mol. The van der Waals surface area contributed by atoms with Gasteiger partial charge in [0.05, 0.1) is 11.3 Å². The standard InChI is InChI=1S/C21H20N6O/c22-13-15-9-10-19(25-14-15)23-11-12-24-21(28)20-17-7-4-8-18(17)27(26-20)16-5-2-1-3-6-16/h1-3,5-6,9-10,14H,4,7-8,11-12H2,(H,23,25)(H,24,28). The van der Waals surface area contributed by atoms with Gasteiger partial charge in [-0.2, -0.15) is 10.4 Å². The molecular formula is C21H20N6O. The highest BCUT2D eigenvalue weighted by Crippen LogP contribution is 2.27. The summed E-state index contributed by atoms with van der Waals surface area (Å²) in [7, 11) is 0. The molecule has 2 heterocycles. The number of carbonyl (C=O) groups excluding carboxylic acids is 1. The van der Waals surface area contributed by atoms with Crippen LogP contribution in [0.2, 0.25) is 0 Å². The lowest BCUT2D eigenvalue weighted by atomic mass is 10.2. The Hall–Kier alpha value is -3.66. The van der Waals surface area contributed by atoms with Crippen molar-refractivity contribution in [2.45, 2.75) is 19.3 Å². The van der Waals surface area contributed by atoms with E-state index in [9.17, 15) is 4.79 Å². The van der Waals surface area contributed by atoms with Crippen LogP contribution in [0.5, 0.6) is 0 Å². The third-order valence-electron chi connectivity index (χ3n) is 4.76. The number of fused-ring (bicyclic) bond motifs is 1. The molecule has 2 aromatic heterocycles. The number of nitriles is 1. The molecule has 1 aromatic carbocycles. The molecule has 0 atom stereocenters. The van der Waals surface area contributed by atoms with Gasteiger partial charge in [0.2, 0.25) is 0 Å². The lowest BCUT2D eigenvalue weighted by molar-refractivity contribution is 0.0949. The topological polar surface area (TPSA) is 95.6 Å². The Balaban J connectivity index is 1.39. The molecule has 140 valence electrons.